The quantitative estimate of drug-likeness (QED) is 0.705. The third-order valence-electron chi connectivity index (χ3n) is 4.14. The van der Waals surface area contributed by atoms with Gasteiger partial charge in [-0.3, -0.25) is 0 Å². The van der Waals surface area contributed by atoms with E-state index < -0.39 is 0 Å². The summed E-state index contributed by atoms with van der Waals surface area (Å²) >= 11 is 0. The first-order valence-electron chi connectivity index (χ1n) is 6.23. The van der Waals surface area contributed by atoms with Gasteiger partial charge in [0.2, 0.25) is 0 Å². The van der Waals surface area contributed by atoms with Crippen LogP contribution in [0.5, 0.6) is 0 Å². The summed E-state index contributed by atoms with van der Waals surface area (Å²) in [6.07, 6.45) is 8.19. The normalized spacial score (nSPS) is 37.7. The number of nitrogens with two attached hydrogens (primary N) is 1. The maximum Gasteiger partial charge on any atom is 0.0306 e. The highest BCUT2D eigenvalue weighted by Crippen LogP contribution is 2.37. The summed E-state index contributed by atoms with van der Waals surface area (Å²) < 4.78 is 0. The van der Waals surface area contributed by atoms with E-state index in [-0.39, 0.29) is 0 Å². The molecule has 2 rings (SSSR count). The largest absolute Gasteiger partial charge is 0.329 e. The van der Waals surface area contributed by atoms with Crippen LogP contribution in [0.1, 0.15) is 45.4 Å². The van der Waals surface area contributed by atoms with Crippen molar-refractivity contribution in [2.24, 2.45) is 17.6 Å². The average molecular weight is 196 g/mol. The Balaban J connectivity index is 1.82. The van der Waals surface area contributed by atoms with Gasteiger partial charge in [0.25, 0.3) is 0 Å². The highest BCUT2D eigenvalue weighted by atomic mass is 15.0. The van der Waals surface area contributed by atoms with E-state index in [0.29, 0.717) is 5.54 Å². The van der Waals surface area contributed by atoms with Gasteiger partial charge in [-0.15, -0.1) is 0 Å². The molecule has 2 fully saturated rings. The van der Waals surface area contributed by atoms with Crippen LogP contribution in [0.2, 0.25) is 0 Å². The molecule has 2 atom stereocenters. The molecule has 0 spiro atoms. The fraction of sp³-hybridized carbons (Fsp3) is 1.00. The smallest absolute Gasteiger partial charge is 0.0306 e. The van der Waals surface area contributed by atoms with Crippen LogP contribution in [0.3, 0.4) is 0 Å². The van der Waals surface area contributed by atoms with Crippen LogP contribution in [-0.2, 0) is 0 Å². The maximum atomic E-state index is 5.93. The van der Waals surface area contributed by atoms with E-state index in [4.69, 9.17) is 5.73 Å². The molecule has 2 heteroatoms. The van der Waals surface area contributed by atoms with Crippen molar-refractivity contribution in [1.82, 2.24) is 5.32 Å². The van der Waals surface area contributed by atoms with Gasteiger partial charge in [0.05, 0.1) is 0 Å². The molecule has 0 bridgehead atoms. The van der Waals surface area contributed by atoms with Gasteiger partial charge in [0, 0.05) is 12.1 Å². The second kappa shape index (κ2) is 4.19. The van der Waals surface area contributed by atoms with E-state index in [9.17, 15) is 0 Å². The molecule has 3 N–H and O–H groups in total. The van der Waals surface area contributed by atoms with Gasteiger partial charge in [-0.2, -0.15) is 0 Å². The summed E-state index contributed by atoms with van der Waals surface area (Å²) in [4.78, 5) is 0. The molecule has 0 amide bonds. The number of rotatable bonds is 5. The van der Waals surface area contributed by atoms with Crippen LogP contribution in [0.25, 0.3) is 0 Å². The van der Waals surface area contributed by atoms with Gasteiger partial charge in [-0.05, 0) is 50.5 Å². The summed E-state index contributed by atoms with van der Waals surface area (Å²) in [6.45, 7) is 4.35. The molecule has 2 nitrogen and oxygen atoms in total. The second-order valence-corrected chi connectivity index (χ2v) is 5.33. The SMILES string of the molecule is CCC1CCC(CN)(NCC2CC2)C1. The van der Waals surface area contributed by atoms with Crippen LogP contribution < -0.4 is 11.1 Å². The third-order valence-corrected chi connectivity index (χ3v) is 4.14. The van der Waals surface area contributed by atoms with E-state index >= 15 is 0 Å². The number of hydrogen-bond donors (Lipinski definition) is 2. The molecule has 2 saturated carbocycles. The van der Waals surface area contributed by atoms with Gasteiger partial charge >= 0.3 is 0 Å². The molecule has 0 saturated heterocycles. The molecule has 0 aromatic heterocycles. The van der Waals surface area contributed by atoms with Crippen LogP contribution in [0, 0.1) is 11.8 Å². The third kappa shape index (κ3) is 2.29. The van der Waals surface area contributed by atoms with Gasteiger partial charge in [0.1, 0.15) is 0 Å². The van der Waals surface area contributed by atoms with Crippen LogP contribution in [-0.4, -0.2) is 18.6 Å². The van der Waals surface area contributed by atoms with E-state index in [1.54, 1.807) is 0 Å². The minimum Gasteiger partial charge on any atom is -0.329 e. The zero-order chi connectivity index (χ0) is 10.0. The van der Waals surface area contributed by atoms with E-state index in [0.717, 1.165) is 18.4 Å². The minimum absolute atomic E-state index is 0.309. The van der Waals surface area contributed by atoms with Crippen molar-refractivity contribution in [3.63, 3.8) is 0 Å². The highest BCUT2D eigenvalue weighted by molar-refractivity contribution is 4.97. The zero-order valence-corrected chi connectivity index (χ0v) is 9.39. The molecule has 0 heterocycles. The molecule has 0 aromatic rings. The number of hydrogen-bond acceptors (Lipinski definition) is 2. The Morgan fingerprint density at radius 3 is 2.57 bits per heavy atom. The Morgan fingerprint density at radius 2 is 2.07 bits per heavy atom. The molecule has 14 heavy (non-hydrogen) atoms. The predicted molar refractivity (Wildman–Crippen MR) is 60.1 cm³/mol. The lowest BCUT2D eigenvalue weighted by Crippen LogP contribution is -2.50. The minimum atomic E-state index is 0.309. The molecule has 2 unspecified atom stereocenters. The second-order valence-electron chi connectivity index (χ2n) is 5.33. The van der Waals surface area contributed by atoms with Crippen molar-refractivity contribution < 1.29 is 0 Å². The molecule has 2 aliphatic carbocycles. The summed E-state index contributed by atoms with van der Waals surface area (Å²) in [5.41, 5.74) is 6.24. The molecule has 0 aromatic carbocycles. The summed E-state index contributed by atoms with van der Waals surface area (Å²) in [7, 11) is 0. The number of nitrogens with one attached hydrogen (secondary N) is 1. The Kier molecular flexibility index (Phi) is 3.13. The summed E-state index contributed by atoms with van der Waals surface area (Å²) in [6, 6.07) is 0. The Labute approximate surface area is 87.6 Å². The van der Waals surface area contributed by atoms with Crippen molar-refractivity contribution >= 4 is 0 Å². The Bertz CT molecular complexity index is 189. The fourth-order valence-electron chi connectivity index (χ4n) is 2.69. The highest BCUT2D eigenvalue weighted by Gasteiger charge is 2.37. The van der Waals surface area contributed by atoms with E-state index in [2.05, 4.69) is 12.2 Å². The molecule has 82 valence electrons. The molecule has 0 aliphatic heterocycles. The molecule has 2 aliphatic rings. The van der Waals surface area contributed by atoms with Gasteiger partial charge in [0.15, 0.2) is 0 Å². The van der Waals surface area contributed by atoms with E-state index in [1.807, 2.05) is 0 Å². The van der Waals surface area contributed by atoms with Gasteiger partial charge in [-0.25, -0.2) is 0 Å². The van der Waals surface area contributed by atoms with Crippen molar-refractivity contribution in [3.8, 4) is 0 Å². The van der Waals surface area contributed by atoms with Crippen molar-refractivity contribution in [2.45, 2.75) is 51.0 Å². The average Bonchev–Trinajstić information content (AvgIpc) is 2.96. The van der Waals surface area contributed by atoms with Crippen molar-refractivity contribution in [2.75, 3.05) is 13.1 Å². The first-order chi connectivity index (χ1) is 6.78. The lowest BCUT2D eigenvalue weighted by atomic mass is 9.95. The molecular weight excluding hydrogens is 172 g/mol. The first kappa shape index (κ1) is 10.4. The molecular formula is C12H24N2. The predicted octanol–water partition coefficient (Wildman–Crippen LogP) is 1.89. The first-order valence-corrected chi connectivity index (χ1v) is 6.23. The van der Waals surface area contributed by atoms with Crippen molar-refractivity contribution in [1.29, 1.82) is 0 Å². The molecule has 0 radical (unpaired) electrons. The van der Waals surface area contributed by atoms with Gasteiger partial charge < -0.3 is 11.1 Å². The van der Waals surface area contributed by atoms with Gasteiger partial charge in [-0.1, -0.05) is 13.3 Å². The lowest BCUT2D eigenvalue weighted by Gasteiger charge is -2.29. The standard InChI is InChI=1S/C12H24N2/c1-2-10-5-6-12(7-10,9-13)14-8-11-3-4-11/h10-11,14H,2-9,13H2,1H3. The Morgan fingerprint density at radius 1 is 1.29 bits per heavy atom. The van der Waals surface area contributed by atoms with Crippen LogP contribution in [0.4, 0.5) is 0 Å². The Hall–Kier alpha value is -0.0800. The van der Waals surface area contributed by atoms with Crippen LogP contribution >= 0.6 is 0 Å². The lowest BCUT2D eigenvalue weighted by molar-refractivity contribution is 0.321. The topological polar surface area (TPSA) is 38.0 Å². The summed E-state index contributed by atoms with van der Waals surface area (Å²) in [5.74, 6) is 1.89. The monoisotopic (exact) mass is 196 g/mol. The van der Waals surface area contributed by atoms with Crippen molar-refractivity contribution in [3.05, 3.63) is 0 Å². The van der Waals surface area contributed by atoms with Crippen LogP contribution in [0.15, 0.2) is 0 Å². The summed E-state index contributed by atoms with van der Waals surface area (Å²) in [5, 5.41) is 3.75. The van der Waals surface area contributed by atoms with E-state index in [1.165, 1.54) is 45.1 Å². The fourth-order valence-corrected chi connectivity index (χ4v) is 2.69. The zero-order valence-electron chi connectivity index (χ0n) is 9.39. The maximum absolute atomic E-state index is 5.93.